The molecule has 0 amide bonds. The predicted octanol–water partition coefficient (Wildman–Crippen LogP) is 4.10. The average molecular weight is 208 g/mol. The van der Waals surface area contributed by atoms with Crippen molar-refractivity contribution in [3.8, 4) is 0 Å². The van der Waals surface area contributed by atoms with Gasteiger partial charge in [-0.1, -0.05) is 28.8 Å². The summed E-state index contributed by atoms with van der Waals surface area (Å²) >= 11 is 5.79. The number of rotatable bonds is 3. The van der Waals surface area contributed by atoms with Gasteiger partial charge in [0.2, 0.25) is 0 Å². The van der Waals surface area contributed by atoms with Crippen molar-refractivity contribution in [1.29, 1.82) is 0 Å². The van der Waals surface area contributed by atoms with Crippen LogP contribution in [0.15, 0.2) is 29.4 Å². The van der Waals surface area contributed by atoms with Crippen LogP contribution in [0.5, 0.6) is 0 Å². The summed E-state index contributed by atoms with van der Waals surface area (Å²) in [5.74, 6) is 0.534. The predicted molar refractivity (Wildman–Crippen MR) is 56.1 cm³/mol. The third kappa shape index (κ3) is 2.00. The zero-order valence-electron chi connectivity index (χ0n) is 7.60. The first-order valence-corrected chi connectivity index (χ1v) is 4.99. The highest BCUT2D eigenvalue weighted by Gasteiger charge is 2.31. The molecule has 0 N–H and O–H groups in total. The minimum Gasteiger partial charge on any atom is -0.0856 e. The smallest absolute Gasteiger partial charge is 0.0653 e. The lowest BCUT2D eigenvalue weighted by atomic mass is 10.0. The summed E-state index contributed by atoms with van der Waals surface area (Å²) in [6.07, 6.45) is 2.32. The summed E-state index contributed by atoms with van der Waals surface area (Å²) in [5.41, 5.74) is 9.53. The molecule has 1 atom stereocenters. The van der Waals surface area contributed by atoms with Gasteiger partial charge in [0.1, 0.15) is 0 Å². The first-order chi connectivity index (χ1) is 6.81. The lowest BCUT2D eigenvalue weighted by molar-refractivity contribution is 0.629. The molecule has 0 aliphatic heterocycles. The topological polar surface area (TPSA) is 48.8 Å². The fourth-order valence-electron chi connectivity index (χ4n) is 1.56. The Morgan fingerprint density at radius 3 is 2.50 bits per heavy atom. The van der Waals surface area contributed by atoms with Crippen LogP contribution in [0.4, 0.5) is 0 Å². The Labute approximate surface area is 87.3 Å². The van der Waals surface area contributed by atoms with Gasteiger partial charge in [-0.15, -0.1) is 0 Å². The molecule has 0 saturated heterocycles. The van der Waals surface area contributed by atoms with Gasteiger partial charge in [0.15, 0.2) is 0 Å². The normalized spacial score (nSPS) is 17.2. The Morgan fingerprint density at radius 1 is 1.36 bits per heavy atom. The van der Waals surface area contributed by atoms with Crippen LogP contribution in [0, 0.1) is 5.92 Å². The van der Waals surface area contributed by atoms with Crippen molar-refractivity contribution in [2.45, 2.75) is 18.9 Å². The molecule has 0 heterocycles. The molecule has 0 spiro atoms. The van der Waals surface area contributed by atoms with E-state index in [0.717, 1.165) is 18.4 Å². The molecule has 72 valence electrons. The maximum Gasteiger partial charge on any atom is 0.0653 e. The van der Waals surface area contributed by atoms with Gasteiger partial charge >= 0.3 is 0 Å². The first kappa shape index (κ1) is 9.38. The van der Waals surface area contributed by atoms with Crippen LogP contribution in [-0.2, 0) is 0 Å². The minimum absolute atomic E-state index is 0.00253. The molecule has 1 unspecified atom stereocenters. The van der Waals surface area contributed by atoms with E-state index >= 15 is 0 Å². The summed E-state index contributed by atoms with van der Waals surface area (Å²) in [4.78, 5) is 2.89. The highest BCUT2D eigenvalue weighted by molar-refractivity contribution is 6.30. The molecule has 3 nitrogen and oxygen atoms in total. The monoisotopic (exact) mass is 207 g/mol. The second kappa shape index (κ2) is 3.91. The molecule has 1 aromatic rings. The van der Waals surface area contributed by atoms with E-state index in [2.05, 4.69) is 10.0 Å². The van der Waals surface area contributed by atoms with Gasteiger partial charge in [-0.2, -0.15) is 0 Å². The van der Waals surface area contributed by atoms with Crippen molar-refractivity contribution >= 4 is 11.6 Å². The number of hydrogen-bond acceptors (Lipinski definition) is 1. The van der Waals surface area contributed by atoms with Crippen LogP contribution in [0.25, 0.3) is 10.4 Å². The van der Waals surface area contributed by atoms with Gasteiger partial charge in [-0.05, 0) is 42.0 Å². The largest absolute Gasteiger partial charge is 0.0856 e. The van der Waals surface area contributed by atoms with Crippen LogP contribution in [0.2, 0.25) is 5.02 Å². The SMILES string of the molecule is [N-]=[N+]=NC(c1ccc(Cl)cc1)C1CC1. The second-order valence-corrected chi connectivity index (χ2v) is 3.98. The molecule has 4 heteroatoms. The van der Waals surface area contributed by atoms with Crippen molar-refractivity contribution in [3.63, 3.8) is 0 Å². The van der Waals surface area contributed by atoms with Crippen LogP contribution >= 0.6 is 11.6 Å². The van der Waals surface area contributed by atoms with E-state index in [4.69, 9.17) is 17.1 Å². The summed E-state index contributed by atoms with van der Waals surface area (Å²) in [7, 11) is 0. The highest BCUT2D eigenvalue weighted by atomic mass is 35.5. The third-order valence-electron chi connectivity index (χ3n) is 2.46. The van der Waals surface area contributed by atoms with Gasteiger partial charge in [0, 0.05) is 9.93 Å². The second-order valence-electron chi connectivity index (χ2n) is 3.54. The van der Waals surface area contributed by atoms with Gasteiger partial charge in [0.25, 0.3) is 0 Å². The zero-order valence-corrected chi connectivity index (χ0v) is 8.35. The Hall–Kier alpha value is -1.18. The summed E-state index contributed by atoms with van der Waals surface area (Å²) in [5, 5.41) is 4.54. The molecule has 0 bridgehead atoms. The Kier molecular flexibility index (Phi) is 2.62. The minimum atomic E-state index is -0.00253. The maximum atomic E-state index is 8.46. The van der Waals surface area contributed by atoms with E-state index in [1.54, 1.807) is 0 Å². The molecule has 14 heavy (non-hydrogen) atoms. The molecule has 1 saturated carbocycles. The molecule has 1 aliphatic rings. The van der Waals surface area contributed by atoms with Crippen LogP contribution in [0.3, 0.4) is 0 Å². The standard InChI is InChI=1S/C10H10ClN3/c11-9-5-3-8(4-6-9)10(13-14-12)7-1-2-7/h3-7,10H,1-2H2. The summed E-state index contributed by atoms with van der Waals surface area (Å²) in [6, 6.07) is 7.52. The van der Waals surface area contributed by atoms with Gasteiger partial charge in [0.05, 0.1) is 6.04 Å². The molecule has 2 rings (SSSR count). The molecule has 0 radical (unpaired) electrons. The summed E-state index contributed by atoms with van der Waals surface area (Å²) in [6.45, 7) is 0. The van der Waals surface area contributed by atoms with Crippen molar-refractivity contribution in [2.75, 3.05) is 0 Å². The third-order valence-corrected chi connectivity index (χ3v) is 2.71. The zero-order chi connectivity index (χ0) is 9.97. The number of halogens is 1. The van der Waals surface area contributed by atoms with E-state index in [9.17, 15) is 0 Å². The van der Waals surface area contributed by atoms with E-state index in [1.807, 2.05) is 24.3 Å². The fraction of sp³-hybridized carbons (Fsp3) is 0.400. The quantitative estimate of drug-likeness (QED) is 0.407. The van der Waals surface area contributed by atoms with Crippen molar-refractivity contribution in [3.05, 3.63) is 45.3 Å². The lowest BCUT2D eigenvalue weighted by Crippen LogP contribution is -1.95. The molecule has 1 aromatic carbocycles. The number of azide groups is 1. The molecule has 0 aromatic heterocycles. The van der Waals surface area contributed by atoms with Crippen molar-refractivity contribution in [1.82, 2.24) is 0 Å². The number of nitrogens with zero attached hydrogens (tertiary/aromatic N) is 3. The number of benzene rings is 1. The Morgan fingerprint density at radius 2 is 2.00 bits per heavy atom. The van der Waals surface area contributed by atoms with E-state index in [1.165, 1.54) is 0 Å². The van der Waals surface area contributed by atoms with E-state index in [0.29, 0.717) is 10.9 Å². The Bertz CT molecular complexity index is 363. The maximum absolute atomic E-state index is 8.46. The van der Waals surface area contributed by atoms with Crippen molar-refractivity contribution in [2.24, 2.45) is 11.0 Å². The first-order valence-electron chi connectivity index (χ1n) is 4.61. The Balaban J connectivity index is 2.25. The van der Waals surface area contributed by atoms with Gasteiger partial charge in [-0.25, -0.2) is 0 Å². The van der Waals surface area contributed by atoms with Crippen LogP contribution in [0.1, 0.15) is 24.4 Å². The number of hydrogen-bond donors (Lipinski definition) is 0. The van der Waals surface area contributed by atoms with Crippen molar-refractivity contribution < 1.29 is 0 Å². The van der Waals surface area contributed by atoms with Gasteiger partial charge < -0.3 is 0 Å². The molecule has 1 fully saturated rings. The highest BCUT2D eigenvalue weighted by Crippen LogP contribution is 2.43. The molecular formula is C10H10ClN3. The van der Waals surface area contributed by atoms with Crippen LogP contribution < -0.4 is 0 Å². The fourth-order valence-corrected chi connectivity index (χ4v) is 1.69. The lowest BCUT2D eigenvalue weighted by Gasteiger charge is -2.09. The molecule has 1 aliphatic carbocycles. The van der Waals surface area contributed by atoms with E-state index in [-0.39, 0.29) is 6.04 Å². The molecular weight excluding hydrogens is 198 g/mol. The summed E-state index contributed by atoms with van der Waals surface area (Å²) < 4.78 is 0. The van der Waals surface area contributed by atoms with Gasteiger partial charge in [-0.3, -0.25) is 0 Å². The van der Waals surface area contributed by atoms with E-state index < -0.39 is 0 Å². The van der Waals surface area contributed by atoms with Crippen LogP contribution in [-0.4, -0.2) is 0 Å². The average Bonchev–Trinajstić information content (AvgIpc) is 2.99.